The molecule has 1 aliphatic heterocycles. The number of carbonyl (C=O) groups is 1. The zero-order chi connectivity index (χ0) is 17.6. The lowest BCUT2D eigenvalue weighted by Gasteiger charge is -2.36. The number of halogens is 4. The summed E-state index contributed by atoms with van der Waals surface area (Å²) in [5.74, 6) is -0.905. The van der Waals surface area contributed by atoms with Crippen LogP contribution < -0.4 is 5.32 Å². The van der Waals surface area contributed by atoms with Gasteiger partial charge in [-0.15, -0.1) is 0 Å². The van der Waals surface area contributed by atoms with Crippen LogP contribution in [0.1, 0.15) is 27.7 Å². The second-order valence-electron chi connectivity index (χ2n) is 5.46. The fourth-order valence-corrected chi connectivity index (χ4v) is 2.81. The average Bonchev–Trinajstić information content (AvgIpc) is 2.50. The second-order valence-corrected chi connectivity index (χ2v) is 5.90. The number of hydrogen-bond acceptors (Lipinski definition) is 3. The van der Waals surface area contributed by atoms with Crippen LogP contribution in [0.4, 0.5) is 18.9 Å². The van der Waals surface area contributed by atoms with E-state index in [1.54, 1.807) is 12.1 Å². The average molecular weight is 357 g/mol. The van der Waals surface area contributed by atoms with Crippen LogP contribution >= 0.6 is 11.6 Å². The summed E-state index contributed by atoms with van der Waals surface area (Å²) in [6, 6.07) is 7.39. The van der Waals surface area contributed by atoms with E-state index >= 15 is 0 Å². The van der Waals surface area contributed by atoms with Gasteiger partial charge >= 0.3 is 6.18 Å². The van der Waals surface area contributed by atoms with Crippen molar-refractivity contribution < 1.29 is 23.1 Å². The fraction of sp³-hybridized carbons (Fsp3) is 0.188. The predicted molar refractivity (Wildman–Crippen MR) is 83.0 cm³/mol. The van der Waals surface area contributed by atoms with Gasteiger partial charge in [0.2, 0.25) is 0 Å². The Labute approximate surface area is 140 Å². The molecule has 126 valence electrons. The lowest BCUT2D eigenvalue weighted by Crippen LogP contribution is -2.40. The summed E-state index contributed by atoms with van der Waals surface area (Å²) in [6.07, 6.45) is -5.45. The van der Waals surface area contributed by atoms with E-state index in [4.69, 9.17) is 11.6 Å². The van der Waals surface area contributed by atoms with E-state index in [1.165, 1.54) is 24.1 Å². The summed E-state index contributed by atoms with van der Waals surface area (Å²) >= 11 is 5.88. The number of amides is 1. The van der Waals surface area contributed by atoms with E-state index in [1.807, 2.05) is 0 Å². The molecule has 0 saturated heterocycles. The van der Waals surface area contributed by atoms with Gasteiger partial charge in [0.15, 0.2) is 0 Å². The van der Waals surface area contributed by atoms with Gasteiger partial charge in [-0.3, -0.25) is 4.79 Å². The number of phenolic OH excluding ortho intramolecular Hbond substituents is 1. The number of hydrogen-bond donors (Lipinski definition) is 2. The molecule has 2 aromatic carbocycles. The van der Waals surface area contributed by atoms with Crippen molar-refractivity contribution in [2.75, 3.05) is 12.4 Å². The molecule has 1 unspecified atom stereocenters. The molecule has 0 spiro atoms. The first-order valence-electron chi connectivity index (χ1n) is 6.91. The number of anilines is 1. The van der Waals surface area contributed by atoms with Gasteiger partial charge in [0.25, 0.3) is 5.91 Å². The maximum atomic E-state index is 12.9. The molecular weight excluding hydrogens is 345 g/mol. The van der Waals surface area contributed by atoms with Crippen LogP contribution in [0.3, 0.4) is 0 Å². The van der Waals surface area contributed by atoms with Crippen molar-refractivity contribution in [1.82, 2.24) is 4.90 Å². The quantitative estimate of drug-likeness (QED) is 0.802. The number of nitrogens with zero attached hydrogens (tertiary/aromatic N) is 1. The van der Waals surface area contributed by atoms with Crippen molar-refractivity contribution in [3.8, 4) is 5.75 Å². The Morgan fingerprint density at radius 1 is 1.21 bits per heavy atom. The lowest BCUT2D eigenvalue weighted by molar-refractivity contribution is -0.137. The number of benzene rings is 2. The first-order chi connectivity index (χ1) is 11.2. The number of alkyl halides is 3. The molecule has 0 aromatic heterocycles. The molecule has 0 bridgehead atoms. The van der Waals surface area contributed by atoms with Crippen LogP contribution in [-0.4, -0.2) is 23.0 Å². The number of fused-ring (bicyclic) bond motifs is 1. The van der Waals surface area contributed by atoms with Crippen LogP contribution in [0.5, 0.6) is 5.75 Å². The number of phenols is 1. The highest BCUT2D eigenvalue weighted by molar-refractivity contribution is 6.31. The zero-order valence-electron chi connectivity index (χ0n) is 12.4. The van der Waals surface area contributed by atoms with Crippen molar-refractivity contribution >= 4 is 23.2 Å². The zero-order valence-corrected chi connectivity index (χ0v) is 13.1. The Bertz CT molecular complexity index is 823. The van der Waals surface area contributed by atoms with Gasteiger partial charge in [-0.1, -0.05) is 11.6 Å². The van der Waals surface area contributed by atoms with E-state index in [-0.39, 0.29) is 11.5 Å². The van der Waals surface area contributed by atoms with Crippen LogP contribution in [-0.2, 0) is 6.18 Å². The van der Waals surface area contributed by atoms with Gasteiger partial charge in [0.05, 0.1) is 11.1 Å². The maximum Gasteiger partial charge on any atom is 0.416 e. The normalized spacial score (nSPS) is 17.5. The number of carbonyl (C=O) groups excluding carboxylic acids is 1. The highest BCUT2D eigenvalue weighted by atomic mass is 35.5. The third-order valence-electron chi connectivity index (χ3n) is 3.80. The molecule has 4 nitrogen and oxygen atoms in total. The minimum absolute atomic E-state index is 0.124. The molecule has 1 atom stereocenters. The standard InChI is InChI=1S/C16H12ClF3N2O2/c1-22-14(8-4-9(16(18,19)20)6-11(23)5-8)21-13-3-2-10(17)7-12(13)15(22)24/h2-7,14,21,23H,1H3. The summed E-state index contributed by atoms with van der Waals surface area (Å²) in [5, 5.41) is 13.0. The van der Waals surface area contributed by atoms with Crippen molar-refractivity contribution in [2.24, 2.45) is 0 Å². The van der Waals surface area contributed by atoms with Gasteiger partial charge < -0.3 is 15.3 Å². The smallest absolute Gasteiger partial charge is 0.416 e. The molecular formula is C16H12ClF3N2O2. The van der Waals surface area contributed by atoms with Crippen LogP contribution in [0.25, 0.3) is 0 Å². The van der Waals surface area contributed by atoms with Crippen molar-refractivity contribution in [3.05, 3.63) is 58.1 Å². The largest absolute Gasteiger partial charge is 0.508 e. The molecule has 2 N–H and O–H groups in total. The van der Waals surface area contributed by atoms with Crippen LogP contribution in [0.15, 0.2) is 36.4 Å². The molecule has 1 amide bonds. The molecule has 2 aromatic rings. The number of aromatic hydroxyl groups is 1. The van der Waals surface area contributed by atoms with Crippen molar-refractivity contribution in [1.29, 1.82) is 0 Å². The lowest BCUT2D eigenvalue weighted by atomic mass is 10.0. The molecule has 0 aliphatic carbocycles. The third-order valence-corrected chi connectivity index (χ3v) is 4.03. The fourth-order valence-electron chi connectivity index (χ4n) is 2.63. The summed E-state index contributed by atoms with van der Waals surface area (Å²) < 4.78 is 38.8. The van der Waals surface area contributed by atoms with E-state index in [9.17, 15) is 23.1 Å². The molecule has 3 rings (SSSR count). The highest BCUT2D eigenvalue weighted by Gasteiger charge is 2.35. The Morgan fingerprint density at radius 2 is 1.92 bits per heavy atom. The first-order valence-corrected chi connectivity index (χ1v) is 7.29. The maximum absolute atomic E-state index is 12.9. The second kappa shape index (κ2) is 5.59. The summed E-state index contributed by atoms with van der Waals surface area (Å²) in [7, 11) is 1.46. The SMILES string of the molecule is CN1C(=O)c2cc(Cl)ccc2NC1c1cc(O)cc(C(F)(F)F)c1. The Balaban J connectivity index is 2.06. The Kier molecular flexibility index (Phi) is 3.83. The van der Waals surface area contributed by atoms with Gasteiger partial charge in [0, 0.05) is 17.8 Å². The number of rotatable bonds is 1. The molecule has 1 heterocycles. The van der Waals surface area contributed by atoms with Gasteiger partial charge in [-0.2, -0.15) is 13.2 Å². The molecule has 1 aliphatic rings. The summed E-state index contributed by atoms with van der Waals surface area (Å²) in [6.45, 7) is 0. The molecule has 0 saturated carbocycles. The molecule has 0 radical (unpaired) electrons. The van der Waals surface area contributed by atoms with E-state index in [0.717, 1.165) is 6.07 Å². The topological polar surface area (TPSA) is 52.6 Å². The molecule has 24 heavy (non-hydrogen) atoms. The first kappa shape index (κ1) is 16.4. The van der Waals surface area contributed by atoms with Crippen molar-refractivity contribution in [2.45, 2.75) is 12.3 Å². The van der Waals surface area contributed by atoms with E-state index < -0.39 is 23.7 Å². The minimum Gasteiger partial charge on any atom is -0.508 e. The Morgan fingerprint density at radius 3 is 2.58 bits per heavy atom. The predicted octanol–water partition coefficient (Wildman–Crippen LogP) is 4.26. The van der Waals surface area contributed by atoms with Gasteiger partial charge in [-0.25, -0.2) is 0 Å². The van der Waals surface area contributed by atoms with Crippen LogP contribution in [0.2, 0.25) is 5.02 Å². The third kappa shape index (κ3) is 2.87. The Hall–Kier alpha value is -2.41. The highest BCUT2D eigenvalue weighted by Crippen LogP contribution is 2.38. The van der Waals surface area contributed by atoms with E-state index in [2.05, 4.69) is 5.32 Å². The van der Waals surface area contributed by atoms with Crippen molar-refractivity contribution in [3.63, 3.8) is 0 Å². The summed E-state index contributed by atoms with van der Waals surface area (Å²) in [5.41, 5.74) is -0.0670. The summed E-state index contributed by atoms with van der Waals surface area (Å²) in [4.78, 5) is 13.7. The van der Waals surface area contributed by atoms with Gasteiger partial charge in [-0.05, 0) is 42.0 Å². The number of nitrogens with one attached hydrogen (secondary N) is 1. The minimum atomic E-state index is -4.60. The van der Waals surface area contributed by atoms with E-state index in [0.29, 0.717) is 22.3 Å². The van der Waals surface area contributed by atoms with Gasteiger partial charge in [0.1, 0.15) is 11.9 Å². The molecule has 0 fully saturated rings. The van der Waals surface area contributed by atoms with Crippen LogP contribution in [0, 0.1) is 0 Å². The molecule has 8 heteroatoms. The monoisotopic (exact) mass is 356 g/mol.